The second-order valence-corrected chi connectivity index (χ2v) is 5.00. The van der Waals surface area contributed by atoms with Crippen molar-refractivity contribution < 1.29 is 19.4 Å². The number of aliphatic hydroxyl groups is 1. The predicted octanol–water partition coefficient (Wildman–Crippen LogP) is 1.13. The van der Waals surface area contributed by atoms with Crippen LogP contribution >= 0.6 is 0 Å². The van der Waals surface area contributed by atoms with Gasteiger partial charge < -0.3 is 14.7 Å². The van der Waals surface area contributed by atoms with Crippen molar-refractivity contribution in [3.63, 3.8) is 0 Å². The minimum atomic E-state index is -0.875. The topological polar surface area (TPSA) is 66.8 Å². The number of rotatable bonds is 4. The van der Waals surface area contributed by atoms with Crippen LogP contribution in [0.5, 0.6) is 0 Å². The van der Waals surface area contributed by atoms with Crippen molar-refractivity contribution >= 4 is 11.9 Å². The van der Waals surface area contributed by atoms with Gasteiger partial charge in [0.25, 0.3) is 0 Å². The van der Waals surface area contributed by atoms with Crippen LogP contribution in [0, 0.1) is 5.92 Å². The molecule has 112 valence electrons. The van der Waals surface area contributed by atoms with Crippen LogP contribution in [0.1, 0.15) is 12.0 Å². The van der Waals surface area contributed by atoms with Crippen molar-refractivity contribution in [2.45, 2.75) is 13.0 Å². The Hall–Kier alpha value is -2.14. The molecule has 0 saturated carbocycles. The van der Waals surface area contributed by atoms with Gasteiger partial charge in [-0.25, -0.2) is 0 Å². The Kier molecular flexibility index (Phi) is 5.11. The number of hydrogen-bond acceptors (Lipinski definition) is 4. The van der Waals surface area contributed by atoms with Crippen LogP contribution in [0.25, 0.3) is 0 Å². The lowest BCUT2D eigenvalue weighted by atomic mass is 9.99. The summed E-state index contributed by atoms with van der Waals surface area (Å²) in [6.45, 7) is 0.666. The van der Waals surface area contributed by atoms with Crippen LogP contribution in [0.15, 0.2) is 42.0 Å². The van der Waals surface area contributed by atoms with E-state index in [1.807, 2.05) is 36.4 Å². The molecule has 1 heterocycles. The van der Waals surface area contributed by atoms with Crippen molar-refractivity contribution in [3.8, 4) is 0 Å². The van der Waals surface area contributed by atoms with Gasteiger partial charge in [0.05, 0.1) is 13.7 Å². The van der Waals surface area contributed by atoms with Crippen LogP contribution in [-0.2, 0) is 20.9 Å². The lowest BCUT2D eigenvalue weighted by Crippen LogP contribution is -2.38. The molecule has 0 aliphatic carbocycles. The average Bonchev–Trinajstić information content (AvgIpc) is 2.68. The molecule has 5 nitrogen and oxygen atoms in total. The Bertz CT molecular complexity index is 538. The highest BCUT2D eigenvalue weighted by molar-refractivity contribution is 5.98. The van der Waals surface area contributed by atoms with Crippen LogP contribution in [0.2, 0.25) is 0 Å². The maximum absolute atomic E-state index is 12.5. The Balaban J connectivity index is 2.21. The monoisotopic (exact) mass is 289 g/mol. The Morgan fingerprint density at radius 3 is 2.71 bits per heavy atom. The standard InChI is InChI=1S/C16H19NO4/c1-21-16(20)14-9-13(11-18)7-8-17(15(14)19)10-12-5-3-2-4-6-12/h2-7,14,18H,8-11H2,1H3. The van der Waals surface area contributed by atoms with Gasteiger partial charge in [0, 0.05) is 13.1 Å². The van der Waals surface area contributed by atoms with E-state index in [0.717, 1.165) is 5.56 Å². The molecule has 1 amide bonds. The molecular weight excluding hydrogens is 270 g/mol. The van der Waals surface area contributed by atoms with Crippen molar-refractivity contribution in [2.24, 2.45) is 5.92 Å². The van der Waals surface area contributed by atoms with Gasteiger partial charge in [0.15, 0.2) is 0 Å². The molecule has 1 aromatic rings. The van der Waals surface area contributed by atoms with Gasteiger partial charge in [0.2, 0.25) is 5.91 Å². The number of methoxy groups -OCH3 is 1. The molecule has 1 aliphatic heterocycles. The van der Waals surface area contributed by atoms with Gasteiger partial charge in [-0.3, -0.25) is 9.59 Å². The Labute approximate surface area is 123 Å². The molecule has 0 radical (unpaired) electrons. The van der Waals surface area contributed by atoms with Crippen molar-refractivity contribution in [1.29, 1.82) is 0 Å². The van der Waals surface area contributed by atoms with Crippen molar-refractivity contribution in [2.75, 3.05) is 20.3 Å². The number of benzene rings is 1. The summed E-state index contributed by atoms with van der Waals surface area (Å²) in [5.74, 6) is -1.69. The van der Waals surface area contributed by atoms with E-state index in [1.54, 1.807) is 4.90 Å². The summed E-state index contributed by atoms with van der Waals surface area (Å²) in [6, 6.07) is 9.59. The summed E-state index contributed by atoms with van der Waals surface area (Å²) >= 11 is 0. The van der Waals surface area contributed by atoms with E-state index < -0.39 is 11.9 Å². The average molecular weight is 289 g/mol. The third kappa shape index (κ3) is 3.70. The highest BCUT2D eigenvalue weighted by atomic mass is 16.5. The fourth-order valence-corrected chi connectivity index (χ4v) is 2.38. The molecule has 1 atom stereocenters. The number of amides is 1. The van der Waals surface area contributed by atoms with Crippen molar-refractivity contribution in [1.82, 2.24) is 4.90 Å². The van der Waals surface area contributed by atoms with E-state index >= 15 is 0 Å². The van der Waals surface area contributed by atoms with E-state index in [-0.39, 0.29) is 18.9 Å². The smallest absolute Gasteiger partial charge is 0.318 e. The highest BCUT2D eigenvalue weighted by Gasteiger charge is 2.33. The zero-order chi connectivity index (χ0) is 15.2. The van der Waals surface area contributed by atoms with E-state index in [0.29, 0.717) is 18.7 Å². The molecule has 1 aromatic carbocycles. The van der Waals surface area contributed by atoms with Crippen LogP contribution in [-0.4, -0.2) is 42.1 Å². The van der Waals surface area contributed by atoms with E-state index in [1.165, 1.54) is 7.11 Å². The lowest BCUT2D eigenvalue weighted by molar-refractivity contribution is -0.153. The molecule has 1 unspecified atom stereocenters. The minimum absolute atomic E-state index is 0.153. The van der Waals surface area contributed by atoms with Gasteiger partial charge in [-0.2, -0.15) is 0 Å². The molecule has 1 aliphatic rings. The number of nitrogens with zero attached hydrogens (tertiary/aromatic N) is 1. The summed E-state index contributed by atoms with van der Waals surface area (Å²) in [6.07, 6.45) is 2.02. The zero-order valence-electron chi connectivity index (χ0n) is 12.0. The highest BCUT2D eigenvalue weighted by Crippen LogP contribution is 2.21. The first-order valence-electron chi connectivity index (χ1n) is 6.85. The maximum Gasteiger partial charge on any atom is 0.318 e. The first-order valence-corrected chi connectivity index (χ1v) is 6.85. The first-order chi connectivity index (χ1) is 10.2. The van der Waals surface area contributed by atoms with Gasteiger partial charge in [-0.15, -0.1) is 0 Å². The largest absolute Gasteiger partial charge is 0.468 e. The zero-order valence-corrected chi connectivity index (χ0v) is 12.0. The SMILES string of the molecule is COC(=O)C1CC(CO)=CCN(Cc2ccccc2)C1=O. The fraction of sp³-hybridized carbons (Fsp3) is 0.375. The summed E-state index contributed by atoms with van der Waals surface area (Å²) in [5, 5.41) is 9.30. The summed E-state index contributed by atoms with van der Waals surface area (Å²) < 4.78 is 4.71. The molecule has 0 spiro atoms. The Morgan fingerprint density at radius 1 is 1.38 bits per heavy atom. The van der Waals surface area contributed by atoms with E-state index in [9.17, 15) is 14.7 Å². The molecule has 0 aromatic heterocycles. The van der Waals surface area contributed by atoms with Crippen LogP contribution in [0.4, 0.5) is 0 Å². The third-order valence-electron chi connectivity index (χ3n) is 3.58. The van der Waals surface area contributed by atoms with E-state index in [2.05, 4.69) is 0 Å². The number of carbonyl (C=O) groups excluding carboxylic acids is 2. The quantitative estimate of drug-likeness (QED) is 0.512. The molecule has 0 saturated heterocycles. The normalized spacial score (nSPS) is 19.0. The summed E-state index contributed by atoms with van der Waals surface area (Å²) in [5.41, 5.74) is 1.68. The molecule has 2 rings (SSSR count). The van der Waals surface area contributed by atoms with Gasteiger partial charge >= 0.3 is 5.97 Å². The molecule has 1 N–H and O–H groups in total. The number of aliphatic hydroxyl groups excluding tert-OH is 1. The molecule has 5 heteroatoms. The third-order valence-corrected chi connectivity index (χ3v) is 3.58. The van der Waals surface area contributed by atoms with Crippen LogP contribution < -0.4 is 0 Å². The van der Waals surface area contributed by atoms with Crippen molar-refractivity contribution in [3.05, 3.63) is 47.5 Å². The van der Waals surface area contributed by atoms with Gasteiger partial charge in [-0.1, -0.05) is 36.4 Å². The second-order valence-electron chi connectivity index (χ2n) is 5.00. The number of ether oxygens (including phenoxy) is 1. The first kappa shape index (κ1) is 15.3. The van der Waals surface area contributed by atoms with Crippen LogP contribution in [0.3, 0.4) is 0 Å². The summed E-state index contributed by atoms with van der Waals surface area (Å²) in [4.78, 5) is 25.9. The molecule has 21 heavy (non-hydrogen) atoms. The number of esters is 1. The Morgan fingerprint density at radius 2 is 2.10 bits per heavy atom. The lowest BCUT2D eigenvalue weighted by Gasteiger charge is -2.23. The minimum Gasteiger partial charge on any atom is -0.468 e. The molecular formula is C16H19NO4. The predicted molar refractivity (Wildman–Crippen MR) is 77.2 cm³/mol. The second kappa shape index (κ2) is 7.04. The fourth-order valence-electron chi connectivity index (χ4n) is 2.38. The number of carbonyl (C=O) groups is 2. The number of hydrogen-bond donors (Lipinski definition) is 1. The van der Waals surface area contributed by atoms with E-state index in [4.69, 9.17) is 4.74 Å². The van der Waals surface area contributed by atoms with Gasteiger partial charge in [0.1, 0.15) is 5.92 Å². The maximum atomic E-state index is 12.5. The molecule has 0 bridgehead atoms. The summed E-state index contributed by atoms with van der Waals surface area (Å²) in [7, 11) is 1.27. The van der Waals surface area contributed by atoms with Gasteiger partial charge in [-0.05, 0) is 17.6 Å². The molecule has 0 fully saturated rings.